The van der Waals surface area contributed by atoms with Gasteiger partial charge in [0.05, 0.1) is 0 Å². The fraction of sp³-hybridized carbons (Fsp3) is 0.333. The predicted octanol–water partition coefficient (Wildman–Crippen LogP) is 4.61. The molecule has 0 amide bonds. The van der Waals surface area contributed by atoms with Gasteiger partial charge in [0.1, 0.15) is 0 Å². The van der Waals surface area contributed by atoms with E-state index >= 15 is 0 Å². The summed E-state index contributed by atoms with van der Waals surface area (Å²) in [4.78, 5) is 0. The number of benzene rings is 2. The Bertz CT molecular complexity index is 560. The fourth-order valence-corrected chi connectivity index (χ4v) is 2.77. The van der Waals surface area contributed by atoms with Crippen molar-refractivity contribution in [2.24, 2.45) is 0 Å². The minimum absolute atomic E-state index is 0.509. The first-order chi connectivity index (χ1) is 9.60. The zero-order valence-electron chi connectivity index (χ0n) is 12.4. The summed E-state index contributed by atoms with van der Waals surface area (Å²) in [6.07, 6.45) is 1.07. The van der Waals surface area contributed by atoms with E-state index in [9.17, 15) is 0 Å². The smallest absolute Gasteiger partial charge is 0.0175 e. The largest absolute Gasteiger partial charge is 0.319 e. The molecule has 0 aliphatic rings. The lowest BCUT2D eigenvalue weighted by Crippen LogP contribution is -2.19. The average molecular weight is 332 g/mol. The van der Waals surface area contributed by atoms with Gasteiger partial charge in [0.2, 0.25) is 0 Å². The van der Waals surface area contributed by atoms with Crippen LogP contribution >= 0.6 is 15.9 Å². The standard InChI is InChI=1S/C18H22BrN/c1-13-4-5-15(10-14(13)2)11-17(12-20-3)16-6-8-18(19)9-7-16/h4-10,17,20H,11-12H2,1-3H3. The van der Waals surface area contributed by atoms with E-state index in [2.05, 4.69) is 77.6 Å². The molecule has 2 rings (SSSR count). The van der Waals surface area contributed by atoms with Crippen LogP contribution in [0.25, 0.3) is 0 Å². The lowest BCUT2D eigenvalue weighted by molar-refractivity contribution is 0.625. The van der Waals surface area contributed by atoms with E-state index in [0.717, 1.165) is 17.4 Å². The van der Waals surface area contributed by atoms with Gasteiger partial charge in [0.15, 0.2) is 0 Å². The Morgan fingerprint density at radius 1 is 1.00 bits per heavy atom. The zero-order chi connectivity index (χ0) is 14.5. The first kappa shape index (κ1) is 15.3. The second kappa shape index (κ2) is 7.05. The number of aryl methyl sites for hydroxylation is 2. The molecule has 1 N–H and O–H groups in total. The molecule has 0 heterocycles. The number of hydrogen-bond donors (Lipinski definition) is 1. The lowest BCUT2D eigenvalue weighted by Gasteiger charge is -2.18. The van der Waals surface area contributed by atoms with Crippen LogP contribution in [0.2, 0.25) is 0 Å². The van der Waals surface area contributed by atoms with Crippen molar-refractivity contribution >= 4 is 15.9 Å². The zero-order valence-corrected chi connectivity index (χ0v) is 14.0. The number of rotatable bonds is 5. The van der Waals surface area contributed by atoms with Crippen LogP contribution < -0.4 is 5.32 Å². The van der Waals surface area contributed by atoms with Crippen molar-refractivity contribution in [3.05, 3.63) is 69.2 Å². The highest BCUT2D eigenvalue weighted by molar-refractivity contribution is 9.10. The van der Waals surface area contributed by atoms with Crippen molar-refractivity contribution in [1.82, 2.24) is 5.32 Å². The molecule has 2 aromatic rings. The molecule has 1 nitrogen and oxygen atoms in total. The van der Waals surface area contributed by atoms with Gasteiger partial charge in [0, 0.05) is 16.9 Å². The monoisotopic (exact) mass is 331 g/mol. The third kappa shape index (κ3) is 3.94. The lowest BCUT2D eigenvalue weighted by atomic mass is 9.91. The first-order valence-corrected chi connectivity index (χ1v) is 7.85. The number of likely N-dealkylation sites (N-methyl/N-ethyl adjacent to an activating group) is 1. The van der Waals surface area contributed by atoms with Crippen LogP contribution in [0.3, 0.4) is 0 Å². The van der Waals surface area contributed by atoms with Crippen molar-refractivity contribution in [3.63, 3.8) is 0 Å². The van der Waals surface area contributed by atoms with Gasteiger partial charge in [-0.25, -0.2) is 0 Å². The van der Waals surface area contributed by atoms with E-state index in [4.69, 9.17) is 0 Å². The Labute approximate surface area is 130 Å². The third-order valence-corrected chi connectivity index (χ3v) is 4.37. The van der Waals surface area contributed by atoms with Crippen molar-refractivity contribution in [1.29, 1.82) is 0 Å². The van der Waals surface area contributed by atoms with Crippen LogP contribution in [0.5, 0.6) is 0 Å². The molecule has 0 aliphatic carbocycles. The predicted molar refractivity (Wildman–Crippen MR) is 90.4 cm³/mol. The van der Waals surface area contributed by atoms with Crippen LogP contribution in [-0.2, 0) is 6.42 Å². The Kier molecular flexibility index (Phi) is 5.38. The molecule has 0 bridgehead atoms. The van der Waals surface area contributed by atoms with Crippen molar-refractivity contribution < 1.29 is 0 Å². The van der Waals surface area contributed by atoms with E-state index in [1.165, 1.54) is 22.3 Å². The molecule has 2 heteroatoms. The first-order valence-electron chi connectivity index (χ1n) is 7.06. The third-order valence-electron chi connectivity index (χ3n) is 3.85. The molecule has 1 atom stereocenters. The maximum atomic E-state index is 3.50. The second-order valence-electron chi connectivity index (χ2n) is 5.43. The van der Waals surface area contributed by atoms with Gasteiger partial charge in [-0.1, -0.05) is 46.3 Å². The van der Waals surface area contributed by atoms with Crippen molar-refractivity contribution in [2.45, 2.75) is 26.2 Å². The molecule has 106 valence electrons. The molecule has 0 aliphatic heterocycles. The molecular weight excluding hydrogens is 310 g/mol. The number of halogens is 1. The molecule has 0 saturated carbocycles. The molecule has 0 radical (unpaired) electrons. The van der Waals surface area contributed by atoms with Gasteiger partial charge in [0.25, 0.3) is 0 Å². The fourth-order valence-electron chi connectivity index (χ4n) is 2.50. The molecule has 0 fully saturated rings. The number of nitrogens with one attached hydrogen (secondary N) is 1. The van der Waals surface area contributed by atoms with Crippen molar-refractivity contribution in [2.75, 3.05) is 13.6 Å². The van der Waals surface area contributed by atoms with Crippen LogP contribution in [0.15, 0.2) is 46.9 Å². The van der Waals surface area contributed by atoms with Gasteiger partial charge in [-0.2, -0.15) is 0 Å². The SMILES string of the molecule is CNCC(Cc1ccc(C)c(C)c1)c1ccc(Br)cc1. The summed E-state index contributed by atoms with van der Waals surface area (Å²) in [6, 6.07) is 15.5. The molecule has 0 aromatic heterocycles. The summed E-state index contributed by atoms with van der Waals surface area (Å²) >= 11 is 3.50. The maximum absolute atomic E-state index is 3.50. The highest BCUT2D eigenvalue weighted by atomic mass is 79.9. The van der Waals surface area contributed by atoms with Crippen molar-refractivity contribution in [3.8, 4) is 0 Å². The van der Waals surface area contributed by atoms with Crippen LogP contribution in [0.4, 0.5) is 0 Å². The van der Waals surface area contributed by atoms with Gasteiger partial charge in [-0.3, -0.25) is 0 Å². The normalized spacial score (nSPS) is 12.4. The van der Waals surface area contributed by atoms with E-state index < -0.39 is 0 Å². The highest BCUT2D eigenvalue weighted by Gasteiger charge is 2.12. The van der Waals surface area contributed by atoms with E-state index in [1.807, 2.05) is 7.05 Å². The molecule has 0 spiro atoms. The summed E-state index contributed by atoms with van der Waals surface area (Å²) < 4.78 is 1.13. The van der Waals surface area contributed by atoms with Crippen LogP contribution in [0, 0.1) is 13.8 Å². The van der Waals surface area contributed by atoms with Crippen LogP contribution in [-0.4, -0.2) is 13.6 Å². The summed E-state index contributed by atoms with van der Waals surface area (Å²) in [5.41, 5.74) is 5.54. The molecular formula is C18H22BrN. The van der Waals surface area contributed by atoms with Gasteiger partial charge >= 0.3 is 0 Å². The van der Waals surface area contributed by atoms with Gasteiger partial charge in [-0.15, -0.1) is 0 Å². The number of hydrogen-bond acceptors (Lipinski definition) is 1. The molecule has 20 heavy (non-hydrogen) atoms. The summed E-state index contributed by atoms with van der Waals surface area (Å²) in [5, 5.41) is 3.32. The van der Waals surface area contributed by atoms with E-state index in [0.29, 0.717) is 5.92 Å². The quantitative estimate of drug-likeness (QED) is 0.843. The van der Waals surface area contributed by atoms with E-state index in [1.54, 1.807) is 0 Å². The topological polar surface area (TPSA) is 12.0 Å². The second-order valence-corrected chi connectivity index (χ2v) is 6.34. The Balaban J connectivity index is 2.20. The Morgan fingerprint density at radius 2 is 1.70 bits per heavy atom. The molecule has 0 saturated heterocycles. The minimum Gasteiger partial charge on any atom is -0.319 e. The molecule has 2 aromatic carbocycles. The minimum atomic E-state index is 0.509. The van der Waals surface area contributed by atoms with Gasteiger partial charge in [-0.05, 0) is 61.7 Å². The summed E-state index contributed by atoms with van der Waals surface area (Å²) in [5.74, 6) is 0.509. The Hall–Kier alpha value is -1.12. The molecule has 1 unspecified atom stereocenters. The maximum Gasteiger partial charge on any atom is 0.0175 e. The van der Waals surface area contributed by atoms with Gasteiger partial charge < -0.3 is 5.32 Å². The summed E-state index contributed by atoms with van der Waals surface area (Å²) in [7, 11) is 2.02. The highest BCUT2D eigenvalue weighted by Crippen LogP contribution is 2.23. The van der Waals surface area contributed by atoms with E-state index in [-0.39, 0.29) is 0 Å². The van der Waals surface area contributed by atoms with Crippen LogP contribution in [0.1, 0.15) is 28.2 Å². The average Bonchev–Trinajstić information content (AvgIpc) is 2.43. The Morgan fingerprint density at radius 3 is 2.30 bits per heavy atom. The summed E-state index contributed by atoms with van der Waals surface area (Å²) in [6.45, 7) is 5.35.